The lowest BCUT2D eigenvalue weighted by molar-refractivity contribution is 0.348. The maximum Gasteiger partial charge on any atom is 0.243 e. The van der Waals surface area contributed by atoms with Crippen LogP contribution in [0.3, 0.4) is 0 Å². The van der Waals surface area contributed by atoms with Gasteiger partial charge in [0.25, 0.3) is 0 Å². The minimum Gasteiger partial charge on any atom is -0.497 e. The highest BCUT2D eigenvalue weighted by Crippen LogP contribution is 2.33. The van der Waals surface area contributed by atoms with Gasteiger partial charge in [-0.25, -0.2) is 8.42 Å². The molecule has 7 heteroatoms. The van der Waals surface area contributed by atoms with Crippen LogP contribution in [0, 0.1) is 0 Å². The summed E-state index contributed by atoms with van der Waals surface area (Å²) in [6.07, 6.45) is 0. The molecular weight excluding hydrogens is 354 g/mol. The number of hydrogen-bond donors (Lipinski definition) is 0. The number of hydrogen-bond acceptors (Lipinski definition) is 5. The quantitative estimate of drug-likeness (QED) is 0.702. The number of rotatable bonds is 8. The molecule has 0 bridgehead atoms. The molecule has 6 nitrogen and oxygen atoms in total. The van der Waals surface area contributed by atoms with E-state index in [0.717, 1.165) is 5.56 Å². The van der Waals surface area contributed by atoms with Gasteiger partial charge in [-0.2, -0.15) is 4.31 Å². The Bertz CT molecular complexity index is 851. The van der Waals surface area contributed by atoms with Crippen molar-refractivity contribution in [3.05, 3.63) is 48.0 Å². The van der Waals surface area contributed by atoms with Crippen LogP contribution in [0.4, 0.5) is 0 Å². The summed E-state index contributed by atoms with van der Waals surface area (Å²) in [5.74, 6) is 1.54. The van der Waals surface area contributed by atoms with E-state index in [-0.39, 0.29) is 10.9 Å². The van der Waals surface area contributed by atoms with Crippen molar-refractivity contribution in [2.24, 2.45) is 0 Å². The maximum absolute atomic E-state index is 13.2. The van der Waals surface area contributed by atoms with Crippen LogP contribution in [0.15, 0.2) is 47.4 Å². The van der Waals surface area contributed by atoms with Crippen molar-refractivity contribution in [3.8, 4) is 17.2 Å². The standard InChI is InChI=1S/C19H25NO5S/c1-6-20(14(2)15-8-7-9-16(12-15)23-3)26(21,22)17-10-11-18(24-4)19(13-17)25-5/h7-14H,6H2,1-5H3. The van der Waals surface area contributed by atoms with Gasteiger partial charge in [0, 0.05) is 18.7 Å². The SMILES string of the molecule is CCN(C(C)c1cccc(OC)c1)S(=O)(=O)c1ccc(OC)c(OC)c1. The fourth-order valence-electron chi connectivity index (χ4n) is 2.83. The molecule has 0 saturated heterocycles. The predicted molar refractivity (Wildman–Crippen MR) is 101 cm³/mol. The molecule has 0 aliphatic carbocycles. The van der Waals surface area contributed by atoms with Crippen molar-refractivity contribution in [1.82, 2.24) is 4.31 Å². The molecule has 1 unspecified atom stereocenters. The van der Waals surface area contributed by atoms with Crippen LogP contribution in [0.2, 0.25) is 0 Å². The number of sulfonamides is 1. The highest BCUT2D eigenvalue weighted by Gasteiger charge is 2.29. The van der Waals surface area contributed by atoms with Gasteiger partial charge in [0.05, 0.1) is 26.2 Å². The molecule has 0 aliphatic rings. The second kappa shape index (κ2) is 8.42. The molecule has 0 radical (unpaired) electrons. The number of methoxy groups -OCH3 is 3. The van der Waals surface area contributed by atoms with E-state index in [9.17, 15) is 8.42 Å². The summed E-state index contributed by atoms with van der Waals surface area (Å²) in [6, 6.07) is 11.7. The van der Waals surface area contributed by atoms with Gasteiger partial charge in [-0.1, -0.05) is 19.1 Å². The topological polar surface area (TPSA) is 65.1 Å². The number of nitrogens with zero attached hydrogens (tertiary/aromatic N) is 1. The first-order valence-electron chi connectivity index (χ1n) is 8.26. The normalized spacial score (nSPS) is 12.7. The van der Waals surface area contributed by atoms with Crippen LogP contribution in [-0.4, -0.2) is 40.6 Å². The van der Waals surface area contributed by atoms with E-state index in [4.69, 9.17) is 14.2 Å². The Hall–Kier alpha value is -2.25. The fraction of sp³-hybridized carbons (Fsp3) is 0.368. The van der Waals surface area contributed by atoms with Gasteiger partial charge in [0.2, 0.25) is 10.0 Å². The Kier molecular flexibility index (Phi) is 6.50. The third-order valence-electron chi connectivity index (χ3n) is 4.28. The lowest BCUT2D eigenvalue weighted by atomic mass is 10.1. The van der Waals surface area contributed by atoms with Crippen LogP contribution in [0.1, 0.15) is 25.5 Å². The summed E-state index contributed by atoms with van der Waals surface area (Å²) in [7, 11) is 0.852. The van der Waals surface area contributed by atoms with Crippen molar-refractivity contribution in [2.75, 3.05) is 27.9 Å². The molecule has 0 saturated carbocycles. The first kappa shape index (κ1) is 20.1. The molecule has 0 amide bonds. The van der Waals surface area contributed by atoms with E-state index in [1.807, 2.05) is 38.1 Å². The molecule has 2 aromatic rings. The molecule has 0 spiro atoms. The molecule has 142 valence electrons. The van der Waals surface area contributed by atoms with Gasteiger partial charge >= 0.3 is 0 Å². The van der Waals surface area contributed by atoms with Crippen molar-refractivity contribution < 1.29 is 22.6 Å². The van der Waals surface area contributed by atoms with Crippen molar-refractivity contribution in [1.29, 1.82) is 0 Å². The van der Waals surface area contributed by atoms with Crippen LogP contribution in [0.5, 0.6) is 17.2 Å². The Labute approximate surface area is 155 Å². The van der Waals surface area contributed by atoms with Crippen LogP contribution >= 0.6 is 0 Å². The Morgan fingerprint density at radius 1 is 0.962 bits per heavy atom. The third kappa shape index (κ3) is 3.94. The zero-order valence-electron chi connectivity index (χ0n) is 15.7. The third-order valence-corrected chi connectivity index (χ3v) is 6.32. The maximum atomic E-state index is 13.2. The Balaban J connectivity index is 2.44. The molecular formula is C19H25NO5S. The summed E-state index contributed by atoms with van der Waals surface area (Å²) in [6.45, 7) is 4.00. The zero-order chi connectivity index (χ0) is 19.3. The summed E-state index contributed by atoms with van der Waals surface area (Å²) in [5, 5.41) is 0. The molecule has 0 fully saturated rings. The molecule has 26 heavy (non-hydrogen) atoms. The molecule has 0 heterocycles. The van der Waals surface area contributed by atoms with E-state index < -0.39 is 10.0 Å². The van der Waals surface area contributed by atoms with Gasteiger partial charge in [-0.05, 0) is 36.8 Å². The Morgan fingerprint density at radius 3 is 2.23 bits per heavy atom. The fourth-order valence-corrected chi connectivity index (χ4v) is 4.48. The van der Waals surface area contributed by atoms with Crippen LogP contribution in [0.25, 0.3) is 0 Å². The second-order valence-corrected chi connectivity index (χ2v) is 7.57. The van der Waals surface area contributed by atoms with Gasteiger partial charge in [0.15, 0.2) is 11.5 Å². The lowest BCUT2D eigenvalue weighted by Gasteiger charge is -2.28. The van der Waals surface area contributed by atoms with E-state index in [0.29, 0.717) is 23.8 Å². The highest BCUT2D eigenvalue weighted by atomic mass is 32.2. The largest absolute Gasteiger partial charge is 0.497 e. The monoisotopic (exact) mass is 379 g/mol. The smallest absolute Gasteiger partial charge is 0.243 e. The molecule has 1 atom stereocenters. The average Bonchev–Trinajstić information content (AvgIpc) is 2.67. The minimum absolute atomic E-state index is 0.159. The van der Waals surface area contributed by atoms with Gasteiger partial charge in [-0.15, -0.1) is 0 Å². The first-order chi connectivity index (χ1) is 12.4. The lowest BCUT2D eigenvalue weighted by Crippen LogP contribution is -2.33. The van der Waals surface area contributed by atoms with E-state index in [2.05, 4.69) is 0 Å². The summed E-state index contributed by atoms with van der Waals surface area (Å²) < 4.78 is 43.5. The summed E-state index contributed by atoms with van der Waals surface area (Å²) in [4.78, 5) is 0.159. The van der Waals surface area contributed by atoms with Crippen LogP contribution < -0.4 is 14.2 Å². The van der Waals surface area contributed by atoms with E-state index in [1.165, 1.54) is 30.7 Å². The number of benzene rings is 2. The van der Waals surface area contributed by atoms with E-state index >= 15 is 0 Å². The predicted octanol–water partition coefficient (Wildman–Crippen LogP) is 3.48. The zero-order valence-corrected chi connectivity index (χ0v) is 16.5. The van der Waals surface area contributed by atoms with Crippen molar-refractivity contribution in [2.45, 2.75) is 24.8 Å². The Morgan fingerprint density at radius 2 is 1.65 bits per heavy atom. The summed E-state index contributed by atoms with van der Waals surface area (Å²) >= 11 is 0. The molecule has 2 rings (SSSR count). The average molecular weight is 379 g/mol. The molecule has 0 aromatic heterocycles. The van der Waals surface area contributed by atoms with Gasteiger partial charge in [-0.3, -0.25) is 0 Å². The van der Waals surface area contributed by atoms with Crippen LogP contribution in [-0.2, 0) is 10.0 Å². The molecule has 0 aliphatic heterocycles. The van der Waals surface area contributed by atoms with Crippen molar-refractivity contribution in [3.63, 3.8) is 0 Å². The molecule has 0 N–H and O–H groups in total. The van der Waals surface area contributed by atoms with Gasteiger partial charge < -0.3 is 14.2 Å². The second-order valence-electron chi connectivity index (χ2n) is 5.68. The van der Waals surface area contributed by atoms with Crippen molar-refractivity contribution >= 4 is 10.0 Å². The highest BCUT2D eigenvalue weighted by molar-refractivity contribution is 7.89. The summed E-state index contributed by atoms with van der Waals surface area (Å²) in [5.41, 5.74) is 0.857. The number of ether oxygens (including phenoxy) is 3. The minimum atomic E-state index is -3.72. The van der Waals surface area contributed by atoms with E-state index in [1.54, 1.807) is 13.2 Å². The van der Waals surface area contributed by atoms with Gasteiger partial charge in [0.1, 0.15) is 5.75 Å². The molecule has 2 aromatic carbocycles. The first-order valence-corrected chi connectivity index (χ1v) is 9.70.